The minimum atomic E-state index is 0.289. The molecule has 1 aliphatic heterocycles. The summed E-state index contributed by atoms with van der Waals surface area (Å²) in [5.41, 5.74) is 0.962. The van der Waals surface area contributed by atoms with Crippen molar-refractivity contribution in [2.75, 3.05) is 20.2 Å². The number of nitrogens with zero attached hydrogens (tertiary/aromatic N) is 1. The molecule has 1 aromatic rings. The van der Waals surface area contributed by atoms with Crippen molar-refractivity contribution in [1.29, 1.82) is 0 Å². The normalized spacial score (nSPS) is 17.9. The highest BCUT2D eigenvalue weighted by Crippen LogP contribution is 2.31. The van der Waals surface area contributed by atoms with Crippen molar-refractivity contribution in [1.82, 2.24) is 4.90 Å². The molecule has 1 saturated heterocycles. The minimum Gasteiger partial charge on any atom is -0.504 e. The second-order valence-electron chi connectivity index (χ2n) is 5.10. The molecular formula is C15H23NO2. The van der Waals surface area contributed by atoms with E-state index in [1.54, 1.807) is 13.2 Å². The number of methoxy groups -OCH3 is 1. The van der Waals surface area contributed by atoms with E-state index in [1.165, 1.54) is 19.3 Å². The van der Waals surface area contributed by atoms with E-state index in [9.17, 15) is 5.11 Å². The zero-order valence-corrected chi connectivity index (χ0v) is 11.4. The summed E-state index contributed by atoms with van der Waals surface area (Å²) in [5.74, 6) is 1.74. The Hall–Kier alpha value is -1.22. The molecule has 0 atom stereocenters. The van der Waals surface area contributed by atoms with Crippen LogP contribution in [0.3, 0.4) is 0 Å². The van der Waals surface area contributed by atoms with Gasteiger partial charge in [0.15, 0.2) is 11.5 Å². The number of piperidine rings is 1. The molecule has 3 nitrogen and oxygen atoms in total. The average molecular weight is 249 g/mol. The first-order valence-electron chi connectivity index (χ1n) is 6.81. The Bertz CT molecular complexity index is 384. The fourth-order valence-corrected chi connectivity index (χ4v) is 2.65. The van der Waals surface area contributed by atoms with E-state index in [2.05, 4.69) is 11.8 Å². The SMILES string of the molecule is CCC1CCN(Cc2cccc(OC)c2O)CC1. The number of rotatable bonds is 4. The van der Waals surface area contributed by atoms with Gasteiger partial charge in [0, 0.05) is 12.1 Å². The molecule has 0 aromatic heterocycles. The van der Waals surface area contributed by atoms with E-state index in [0.717, 1.165) is 31.1 Å². The lowest BCUT2D eigenvalue weighted by atomic mass is 9.94. The van der Waals surface area contributed by atoms with Crippen molar-refractivity contribution in [2.45, 2.75) is 32.7 Å². The van der Waals surface area contributed by atoms with Gasteiger partial charge in [-0.15, -0.1) is 0 Å². The highest BCUT2D eigenvalue weighted by molar-refractivity contribution is 5.45. The summed E-state index contributed by atoms with van der Waals surface area (Å²) in [5, 5.41) is 10.1. The first-order chi connectivity index (χ1) is 8.74. The Kier molecular flexibility index (Phi) is 4.48. The van der Waals surface area contributed by atoms with Crippen LogP contribution in [-0.4, -0.2) is 30.2 Å². The number of phenolic OH excluding ortho intramolecular Hbond substituents is 1. The van der Waals surface area contributed by atoms with Crippen LogP contribution in [0.25, 0.3) is 0 Å². The number of benzene rings is 1. The lowest BCUT2D eigenvalue weighted by Crippen LogP contribution is -2.33. The standard InChI is InChI=1S/C15H23NO2/c1-3-12-7-9-16(10-8-12)11-13-5-4-6-14(18-2)15(13)17/h4-6,12,17H,3,7-11H2,1-2H3. The number of phenols is 1. The van der Waals surface area contributed by atoms with Crippen LogP contribution in [0.15, 0.2) is 18.2 Å². The predicted octanol–water partition coefficient (Wildman–Crippen LogP) is 3.02. The molecule has 1 fully saturated rings. The molecule has 1 aromatic carbocycles. The van der Waals surface area contributed by atoms with Crippen LogP contribution in [0, 0.1) is 5.92 Å². The van der Waals surface area contributed by atoms with Gasteiger partial charge in [-0.2, -0.15) is 0 Å². The summed E-state index contributed by atoms with van der Waals surface area (Å²) in [6.45, 7) is 5.36. The van der Waals surface area contributed by atoms with Gasteiger partial charge in [0.25, 0.3) is 0 Å². The zero-order chi connectivity index (χ0) is 13.0. The maximum Gasteiger partial charge on any atom is 0.162 e. The summed E-state index contributed by atoms with van der Waals surface area (Å²) in [4.78, 5) is 2.42. The molecule has 1 aliphatic rings. The van der Waals surface area contributed by atoms with Crippen LogP contribution < -0.4 is 4.74 Å². The molecule has 2 rings (SSSR count). The minimum absolute atomic E-state index is 0.289. The largest absolute Gasteiger partial charge is 0.504 e. The monoisotopic (exact) mass is 249 g/mol. The van der Waals surface area contributed by atoms with Crippen molar-refractivity contribution >= 4 is 0 Å². The third-order valence-electron chi connectivity index (χ3n) is 3.98. The van der Waals surface area contributed by atoms with Crippen LogP contribution in [0.1, 0.15) is 31.7 Å². The first-order valence-corrected chi connectivity index (χ1v) is 6.81. The summed E-state index contributed by atoms with van der Waals surface area (Å²) in [7, 11) is 1.59. The second-order valence-corrected chi connectivity index (χ2v) is 5.10. The smallest absolute Gasteiger partial charge is 0.162 e. The Labute approximate surface area is 109 Å². The van der Waals surface area contributed by atoms with Gasteiger partial charge in [-0.3, -0.25) is 4.90 Å². The fourth-order valence-electron chi connectivity index (χ4n) is 2.65. The van der Waals surface area contributed by atoms with Gasteiger partial charge in [-0.25, -0.2) is 0 Å². The van der Waals surface area contributed by atoms with E-state index in [1.807, 2.05) is 12.1 Å². The molecule has 0 aliphatic carbocycles. The Morgan fingerprint density at radius 1 is 1.33 bits per heavy atom. The van der Waals surface area contributed by atoms with Crippen LogP contribution in [-0.2, 0) is 6.54 Å². The molecule has 1 N–H and O–H groups in total. The number of hydrogen-bond donors (Lipinski definition) is 1. The van der Waals surface area contributed by atoms with Gasteiger partial charge in [0.1, 0.15) is 0 Å². The summed E-state index contributed by atoms with van der Waals surface area (Å²) < 4.78 is 5.14. The van der Waals surface area contributed by atoms with Crippen LogP contribution in [0.5, 0.6) is 11.5 Å². The predicted molar refractivity (Wildman–Crippen MR) is 73.0 cm³/mol. The van der Waals surface area contributed by atoms with E-state index in [0.29, 0.717) is 5.75 Å². The van der Waals surface area contributed by atoms with Crippen molar-refractivity contribution in [3.05, 3.63) is 23.8 Å². The van der Waals surface area contributed by atoms with Gasteiger partial charge in [0.2, 0.25) is 0 Å². The summed E-state index contributed by atoms with van der Waals surface area (Å²) >= 11 is 0. The third-order valence-corrected chi connectivity index (χ3v) is 3.98. The van der Waals surface area contributed by atoms with Crippen molar-refractivity contribution in [3.8, 4) is 11.5 Å². The van der Waals surface area contributed by atoms with E-state index < -0.39 is 0 Å². The molecule has 0 spiro atoms. The van der Waals surface area contributed by atoms with Gasteiger partial charge in [-0.05, 0) is 37.9 Å². The Morgan fingerprint density at radius 3 is 2.67 bits per heavy atom. The molecule has 0 amide bonds. The molecule has 100 valence electrons. The first kappa shape index (κ1) is 13.2. The Morgan fingerprint density at radius 2 is 2.06 bits per heavy atom. The molecule has 18 heavy (non-hydrogen) atoms. The van der Waals surface area contributed by atoms with E-state index >= 15 is 0 Å². The average Bonchev–Trinajstić information content (AvgIpc) is 2.42. The number of hydrogen-bond acceptors (Lipinski definition) is 3. The molecule has 0 saturated carbocycles. The van der Waals surface area contributed by atoms with Crippen molar-refractivity contribution < 1.29 is 9.84 Å². The molecule has 0 unspecified atom stereocenters. The molecule has 1 heterocycles. The summed E-state index contributed by atoms with van der Waals surface area (Å²) in [6.07, 6.45) is 3.85. The van der Waals surface area contributed by atoms with Gasteiger partial charge >= 0.3 is 0 Å². The maximum absolute atomic E-state index is 10.1. The van der Waals surface area contributed by atoms with Crippen molar-refractivity contribution in [2.24, 2.45) is 5.92 Å². The maximum atomic E-state index is 10.1. The fraction of sp³-hybridized carbons (Fsp3) is 0.600. The lowest BCUT2D eigenvalue weighted by Gasteiger charge is -2.31. The van der Waals surface area contributed by atoms with Gasteiger partial charge < -0.3 is 9.84 Å². The highest BCUT2D eigenvalue weighted by atomic mass is 16.5. The quantitative estimate of drug-likeness (QED) is 0.890. The van der Waals surface area contributed by atoms with Crippen LogP contribution >= 0.6 is 0 Å². The van der Waals surface area contributed by atoms with E-state index in [4.69, 9.17) is 4.74 Å². The topological polar surface area (TPSA) is 32.7 Å². The number of aromatic hydroxyl groups is 1. The van der Waals surface area contributed by atoms with Crippen LogP contribution in [0.2, 0.25) is 0 Å². The van der Waals surface area contributed by atoms with Gasteiger partial charge in [0.05, 0.1) is 7.11 Å². The van der Waals surface area contributed by atoms with E-state index in [-0.39, 0.29) is 5.75 Å². The highest BCUT2D eigenvalue weighted by Gasteiger charge is 2.19. The number of para-hydroxylation sites is 1. The molecule has 3 heteroatoms. The number of likely N-dealkylation sites (tertiary alicyclic amines) is 1. The second kappa shape index (κ2) is 6.10. The van der Waals surface area contributed by atoms with Crippen LogP contribution in [0.4, 0.5) is 0 Å². The van der Waals surface area contributed by atoms with Gasteiger partial charge in [-0.1, -0.05) is 25.5 Å². The lowest BCUT2D eigenvalue weighted by molar-refractivity contribution is 0.173. The van der Waals surface area contributed by atoms with Crippen molar-refractivity contribution in [3.63, 3.8) is 0 Å². The molecule has 0 radical (unpaired) electrons. The number of ether oxygens (including phenoxy) is 1. The summed E-state index contributed by atoms with van der Waals surface area (Å²) in [6, 6.07) is 5.71. The third kappa shape index (κ3) is 2.96. The Balaban J connectivity index is 1.98. The zero-order valence-electron chi connectivity index (χ0n) is 11.4. The molecular weight excluding hydrogens is 226 g/mol. The molecule has 0 bridgehead atoms.